The third-order valence-corrected chi connectivity index (χ3v) is 3.10. The fourth-order valence-corrected chi connectivity index (χ4v) is 2.42. The van der Waals surface area contributed by atoms with Gasteiger partial charge in [-0.2, -0.15) is 0 Å². The maximum Gasteiger partial charge on any atom is 0.0406 e. The van der Waals surface area contributed by atoms with Gasteiger partial charge < -0.3 is 5.32 Å². The molecule has 0 radical (unpaired) electrons. The first-order chi connectivity index (χ1) is 5.86. The molecule has 0 fully saturated rings. The van der Waals surface area contributed by atoms with Gasteiger partial charge in [-0.05, 0) is 23.1 Å². The number of benzene rings is 1. The van der Waals surface area contributed by atoms with E-state index in [0.717, 1.165) is 11.0 Å². The van der Waals surface area contributed by atoms with E-state index in [-0.39, 0.29) is 0 Å². The summed E-state index contributed by atoms with van der Waals surface area (Å²) in [4.78, 5) is 1.32. The first-order valence-corrected chi connectivity index (χ1v) is 5.37. The molecule has 0 amide bonds. The minimum Gasteiger partial charge on any atom is -0.386 e. The molecule has 1 heterocycles. The average molecular weight is 242 g/mol. The molecule has 1 N–H and O–H groups in total. The summed E-state index contributed by atoms with van der Waals surface area (Å²) in [5.41, 5.74) is 1.35. The van der Waals surface area contributed by atoms with Gasteiger partial charge in [-0.25, -0.2) is 0 Å². The normalized spacial score (nSPS) is 14.8. The molecule has 1 aromatic carbocycles. The highest BCUT2D eigenvalue weighted by Gasteiger charge is 2.03. The van der Waals surface area contributed by atoms with Crippen LogP contribution in [0, 0.1) is 0 Å². The summed E-state index contributed by atoms with van der Waals surface area (Å²) >= 11 is 5.21. The minimum absolute atomic E-state index is 0.923. The van der Waals surface area contributed by atoms with Crippen molar-refractivity contribution in [2.45, 2.75) is 11.4 Å². The maximum atomic E-state index is 3.46. The van der Waals surface area contributed by atoms with E-state index >= 15 is 0 Å². The van der Waals surface area contributed by atoms with Gasteiger partial charge in [0.2, 0.25) is 0 Å². The van der Waals surface area contributed by atoms with Gasteiger partial charge in [0.25, 0.3) is 0 Å². The third kappa shape index (κ3) is 1.67. The van der Waals surface area contributed by atoms with Gasteiger partial charge in [0.15, 0.2) is 0 Å². The van der Waals surface area contributed by atoms with Crippen LogP contribution in [0.15, 0.2) is 39.2 Å². The molecule has 1 aliphatic rings. The van der Waals surface area contributed by atoms with Crippen LogP contribution in [0.5, 0.6) is 0 Å². The monoisotopic (exact) mass is 241 g/mol. The van der Waals surface area contributed by atoms with E-state index < -0.39 is 0 Å². The van der Waals surface area contributed by atoms with Crippen molar-refractivity contribution in [3.8, 4) is 0 Å². The SMILES string of the molecule is Brc1ccc2c(c1)SC=CNC2. The van der Waals surface area contributed by atoms with E-state index in [1.807, 2.05) is 6.20 Å². The van der Waals surface area contributed by atoms with Crippen LogP contribution >= 0.6 is 27.7 Å². The number of fused-ring (bicyclic) bond motifs is 1. The van der Waals surface area contributed by atoms with Crippen LogP contribution in [0.2, 0.25) is 0 Å². The van der Waals surface area contributed by atoms with E-state index in [9.17, 15) is 0 Å². The molecule has 0 spiro atoms. The molecule has 0 atom stereocenters. The Morgan fingerprint density at radius 1 is 1.42 bits per heavy atom. The van der Waals surface area contributed by atoms with Crippen molar-refractivity contribution in [3.05, 3.63) is 39.8 Å². The zero-order valence-corrected chi connectivity index (χ0v) is 8.78. The molecular weight excluding hydrogens is 234 g/mol. The lowest BCUT2D eigenvalue weighted by Crippen LogP contribution is -2.02. The van der Waals surface area contributed by atoms with Crippen molar-refractivity contribution < 1.29 is 0 Å². The lowest BCUT2D eigenvalue weighted by atomic mass is 10.2. The summed E-state index contributed by atoms with van der Waals surface area (Å²) < 4.78 is 1.14. The highest BCUT2D eigenvalue weighted by atomic mass is 79.9. The Kier molecular flexibility index (Phi) is 2.42. The van der Waals surface area contributed by atoms with Gasteiger partial charge in [-0.15, -0.1) is 0 Å². The topological polar surface area (TPSA) is 12.0 Å². The fourth-order valence-electron chi connectivity index (χ4n) is 1.11. The number of thioether (sulfide) groups is 1. The highest BCUT2D eigenvalue weighted by molar-refractivity contribution is 9.10. The Labute approximate surface area is 84.4 Å². The quantitative estimate of drug-likeness (QED) is 0.750. The van der Waals surface area contributed by atoms with Gasteiger partial charge in [0.05, 0.1) is 0 Å². The number of rotatable bonds is 0. The molecule has 0 bridgehead atoms. The molecule has 0 aromatic heterocycles. The molecule has 1 aromatic rings. The molecule has 62 valence electrons. The molecule has 2 rings (SSSR count). The summed E-state index contributed by atoms with van der Waals surface area (Å²) in [7, 11) is 0. The Balaban J connectivity index is 2.42. The van der Waals surface area contributed by atoms with Gasteiger partial charge in [0, 0.05) is 22.1 Å². The molecule has 0 aliphatic carbocycles. The van der Waals surface area contributed by atoms with Crippen LogP contribution < -0.4 is 5.32 Å². The second kappa shape index (κ2) is 3.54. The van der Waals surface area contributed by atoms with Crippen molar-refractivity contribution in [1.82, 2.24) is 5.32 Å². The molecule has 12 heavy (non-hydrogen) atoms. The van der Waals surface area contributed by atoms with Crippen molar-refractivity contribution in [3.63, 3.8) is 0 Å². The fraction of sp³-hybridized carbons (Fsp3) is 0.111. The molecule has 0 saturated carbocycles. The van der Waals surface area contributed by atoms with Crippen molar-refractivity contribution in [2.75, 3.05) is 0 Å². The van der Waals surface area contributed by atoms with E-state index in [4.69, 9.17) is 0 Å². The predicted molar refractivity (Wildman–Crippen MR) is 56.0 cm³/mol. The van der Waals surface area contributed by atoms with Gasteiger partial charge in [-0.1, -0.05) is 33.8 Å². The van der Waals surface area contributed by atoms with E-state index in [1.54, 1.807) is 11.8 Å². The largest absolute Gasteiger partial charge is 0.386 e. The van der Waals surface area contributed by atoms with E-state index in [1.165, 1.54) is 10.5 Å². The zero-order valence-electron chi connectivity index (χ0n) is 6.38. The summed E-state index contributed by atoms with van der Waals surface area (Å²) in [5.74, 6) is 0. The number of nitrogens with one attached hydrogen (secondary N) is 1. The van der Waals surface area contributed by atoms with Gasteiger partial charge in [-0.3, -0.25) is 0 Å². The van der Waals surface area contributed by atoms with Crippen molar-refractivity contribution >= 4 is 27.7 Å². The summed E-state index contributed by atoms with van der Waals surface area (Å²) in [5, 5.41) is 5.27. The molecule has 1 nitrogen and oxygen atoms in total. The van der Waals surface area contributed by atoms with Crippen LogP contribution in [0.1, 0.15) is 5.56 Å². The van der Waals surface area contributed by atoms with Gasteiger partial charge in [0.1, 0.15) is 0 Å². The highest BCUT2D eigenvalue weighted by Crippen LogP contribution is 2.28. The predicted octanol–water partition coefficient (Wildman–Crippen LogP) is 3.12. The lowest BCUT2D eigenvalue weighted by molar-refractivity contribution is 0.857. The Bertz CT molecular complexity index is 322. The van der Waals surface area contributed by atoms with Crippen LogP contribution in [0.4, 0.5) is 0 Å². The Morgan fingerprint density at radius 3 is 3.25 bits per heavy atom. The summed E-state index contributed by atoms with van der Waals surface area (Å²) in [6, 6.07) is 6.37. The van der Waals surface area contributed by atoms with Crippen LogP contribution in [-0.2, 0) is 6.54 Å². The molecule has 0 unspecified atom stereocenters. The Morgan fingerprint density at radius 2 is 2.33 bits per heavy atom. The standard InChI is InChI=1S/C9H8BrNS/c10-8-2-1-7-6-11-3-4-12-9(7)5-8/h1-5,11H,6H2. The van der Waals surface area contributed by atoms with Crippen molar-refractivity contribution in [2.24, 2.45) is 0 Å². The lowest BCUT2D eigenvalue weighted by Gasteiger charge is -2.04. The second-order valence-electron chi connectivity index (χ2n) is 2.55. The first kappa shape index (κ1) is 8.20. The summed E-state index contributed by atoms with van der Waals surface area (Å²) in [6.45, 7) is 0.923. The second-order valence-corrected chi connectivity index (χ2v) is 4.42. The molecule has 1 aliphatic heterocycles. The molecule has 0 saturated heterocycles. The van der Waals surface area contributed by atoms with Crippen LogP contribution in [0.3, 0.4) is 0 Å². The third-order valence-electron chi connectivity index (χ3n) is 1.70. The van der Waals surface area contributed by atoms with Crippen LogP contribution in [-0.4, -0.2) is 0 Å². The number of hydrogen-bond donors (Lipinski definition) is 1. The van der Waals surface area contributed by atoms with Crippen molar-refractivity contribution in [1.29, 1.82) is 0 Å². The van der Waals surface area contributed by atoms with E-state index in [2.05, 4.69) is 44.9 Å². The summed E-state index contributed by atoms with van der Waals surface area (Å²) in [6.07, 6.45) is 1.98. The molecular formula is C9H8BrNS. The number of hydrogen-bond acceptors (Lipinski definition) is 2. The minimum atomic E-state index is 0.923. The molecule has 3 heteroatoms. The number of halogens is 1. The zero-order chi connectivity index (χ0) is 8.39. The average Bonchev–Trinajstić information content (AvgIpc) is 2.28. The van der Waals surface area contributed by atoms with Gasteiger partial charge >= 0.3 is 0 Å². The maximum absolute atomic E-state index is 3.46. The first-order valence-electron chi connectivity index (χ1n) is 3.70. The Hall–Kier alpha value is -0.410. The van der Waals surface area contributed by atoms with Crippen LogP contribution in [0.25, 0.3) is 0 Å². The smallest absolute Gasteiger partial charge is 0.0406 e. The van der Waals surface area contributed by atoms with E-state index in [0.29, 0.717) is 0 Å².